The van der Waals surface area contributed by atoms with Crippen molar-refractivity contribution in [3.05, 3.63) is 78.0 Å². The molecule has 34 heavy (non-hydrogen) atoms. The highest BCUT2D eigenvalue weighted by molar-refractivity contribution is 8.13. The van der Waals surface area contributed by atoms with Crippen LogP contribution in [0, 0.1) is 6.92 Å². The summed E-state index contributed by atoms with van der Waals surface area (Å²) in [5.74, 6) is 2.64. The lowest BCUT2D eigenvalue weighted by molar-refractivity contribution is 0.639. The van der Waals surface area contributed by atoms with Crippen molar-refractivity contribution in [3.8, 4) is 0 Å². The monoisotopic (exact) mass is 464 g/mol. The van der Waals surface area contributed by atoms with Crippen molar-refractivity contribution in [2.24, 2.45) is 4.99 Å². The van der Waals surface area contributed by atoms with Crippen molar-refractivity contribution in [1.82, 2.24) is 9.97 Å². The second-order valence-electron chi connectivity index (χ2n) is 8.89. The summed E-state index contributed by atoms with van der Waals surface area (Å²) in [6.45, 7) is 5.85. The molecule has 0 spiro atoms. The maximum atomic E-state index is 5.17. The fourth-order valence-corrected chi connectivity index (χ4v) is 6.23. The number of thioether (sulfide) groups is 1. The molecule has 3 aromatic carbocycles. The number of piperazine rings is 1. The average molecular weight is 465 g/mol. The minimum absolute atomic E-state index is 0.821. The molecule has 0 saturated carbocycles. The van der Waals surface area contributed by atoms with Crippen LogP contribution >= 0.6 is 11.8 Å². The van der Waals surface area contributed by atoms with Crippen LogP contribution in [-0.4, -0.2) is 41.3 Å². The average Bonchev–Trinajstić information content (AvgIpc) is 2.89. The van der Waals surface area contributed by atoms with Gasteiger partial charge in [0.15, 0.2) is 5.17 Å². The molecule has 1 saturated heterocycles. The first-order valence-corrected chi connectivity index (χ1v) is 12.7. The highest BCUT2D eigenvalue weighted by atomic mass is 32.2. The molecule has 0 bridgehead atoms. The first-order chi connectivity index (χ1) is 16.8. The van der Waals surface area contributed by atoms with Gasteiger partial charge in [-0.05, 0) is 36.6 Å². The third-order valence-electron chi connectivity index (χ3n) is 6.93. The SMILES string of the molecule is Cc1nc(N2CCN(c3ccccc3)CC2)nc2c1CSC1=Nc3cccc4cccc(c34)N12. The minimum atomic E-state index is 0.821. The van der Waals surface area contributed by atoms with Gasteiger partial charge in [0, 0.05) is 54.3 Å². The number of hydrogen-bond acceptors (Lipinski definition) is 7. The van der Waals surface area contributed by atoms with Gasteiger partial charge < -0.3 is 9.80 Å². The van der Waals surface area contributed by atoms with Crippen LogP contribution in [0.25, 0.3) is 10.8 Å². The zero-order valence-electron chi connectivity index (χ0n) is 19.0. The van der Waals surface area contributed by atoms with Crippen molar-refractivity contribution >= 4 is 56.5 Å². The standard InChI is InChI=1S/C27H24N6S/c1-18-21-17-34-27-29-22-11-5-7-19-8-6-12-23(24(19)22)33(27)25(21)30-26(28-18)32-15-13-31(14-16-32)20-9-3-2-4-10-20/h2-12H,13-17H2,1H3. The lowest BCUT2D eigenvalue weighted by Gasteiger charge is -2.38. The second-order valence-corrected chi connectivity index (χ2v) is 9.83. The molecule has 168 valence electrons. The Morgan fingerprint density at radius 2 is 1.56 bits per heavy atom. The molecule has 6 nitrogen and oxygen atoms in total. The fraction of sp³-hybridized carbons (Fsp3) is 0.222. The number of fused-ring (bicyclic) bond motifs is 4. The van der Waals surface area contributed by atoms with Gasteiger partial charge in [-0.1, -0.05) is 54.2 Å². The summed E-state index contributed by atoms with van der Waals surface area (Å²) in [4.78, 5) is 22.2. The van der Waals surface area contributed by atoms with Gasteiger partial charge in [-0.25, -0.2) is 9.98 Å². The summed E-state index contributed by atoms with van der Waals surface area (Å²) >= 11 is 1.77. The highest BCUT2D eigenvalue weighted by Crippen LogP contribution is 2.47. The second kappa shape index (κ2) is 7.74. The summed E-state index contributed by atoms with van der Waals surface area (Å²) in [7, 11) is 0. The van der Waals surface area contributed by atoms with Crippen LogP contribution in [-0.2, 0) is 5.75 Å². The third-order valence-corrected chi connectivity index (χ3v) is 7.90. The zero-order chi connectivity index (χ0) is 22.6. The molecule has 7 rings (SSSR count). The van der Waals surface area contributed by atoms with Crippen LogP contribution in [0.3, 0.4) is 0 Å². The molecule has 0 radical (unpaired) electrons. The molecule has 3 aliphatic heterocycles. The molecule has 1 fully saturated rings. The van der Waals surface area contributed by atoms with Gasteiger partial charge in [-0.3, -0.25) is 4.90 Å². The predicted molar refractivity (Wildman–Crippen MR) is 142 cm³/mol. The van der Waals surface area contributed by atoms with E-state index in [0.29, 0.717) is 0 Å². The molecule has 4 heterocycles. The minimum Gasteiger partial charge on any atom is -0.368 e. The predicted octanol–water partition coefficient (Wildman–Crippen LogP) is 5.65. The first-order valence-electron chi connectivity index (χ1n) is 11.7. The molecule has 0 unspecified atom stereocenters. The Labute approximate surface area is 203 Å². The van der Waals surface area contributed by atoms with E-state index in [2.05, 4.69) is 88.4 Å². The largest absolute Gasteiger partial charge is 0.368 e. The molecule has 3 aliphatic rings. The van der Waals surface area contributed by atoms with Crippen molar-refractivity contribution in [1.29, 1.82) is 0 Å². The van der Waals surface area contributed by atoms with Crippen molar-refractivity contribution in [2.75, 3.05) is 40.9 Å². The van der Waals surface area contributed by atoms with Gasteiger partial charge in [0.1, 0.15) is 5.82 Å². The van der Waals surface area contributed by atoms with Crippen LogP contribution < -0.4 is 14.7 Å². The van der Waals surface area contributed by atoms with E-state index in [1.807, 2.05) is 0 Å². The van der Waals surface area contributed by atoms with Crippen LogP contribution in [0.15, 0.2) is 71.7 Å². The van der Waals surface area contributed by atoms with E-state index in [0.717, 1.165) is 65.9 Å². The Kier molecular flexibility index (Phi) is 4.52. The Morgan fingerprint density at radius 1 is 0.794 bits per heavy atom. The Morgan fingerprint density at radius 3 is 2.38 bits per heavy atom. The molecule has 0 aliphatic carbocycles. The van der Waals surface area contributed by atoms with Crippen LogP contribution in [0.2, 0.25) is 0 Å². The molecule has 0 atom stereocenters. The maximum Gasteiger partial charge on any atom is 0.227 e. The lowest BCUT2D eigenvalue weighted by Crippen LogP contribution is -2.47. The quantitative estimate of drug-likeness (QED) is 0.382. The Balaban J connectivity index is 1.26. The summed E-state index contributed by atoms with van der Waals surface area (Å²) in [6, 6.07) is 23.5. The number of anilines is 4. The summed E-state index contributed by atoms with van der Waals surface area (Å²) in [5, 5.41) is 3.39. The van der Waals surface area contributed by atoms with E-state index < -0.39 is 0 Å². The number of nitrogens with zero attached hydrogens (tertiary/aromatic N) is 6. The molecule has 1 aromatic heterocycles. The summed E-state index contributed by atoms with van der Waals surface area (Å²) < 4.78 is 0. The number of aromatic nitrogens is 2. The number of amidine groups is 1. The third kappa shape index (κ3) is 3.07. The smallest absolute Gasteiger partial charge is 0.227 e. The number of rotatable bonds is 2. The fourth-order valence-electron chi connectivity index (χ4n) is 5.14. The molecule has 0 amide bonds. The highest BCUT2D eigenvalue weighted by Gasteiger charge is 2.33. The lowest BCUT2D eigenvalue weighted by atomic mass is 10.0. The van der Waals surface area contributed by atoms with Gasteiger partial charge in [0.25, 0.3) is 0 Å². The van der Waals surface area contributed by atoms with E-state index in [9.17, 15) is 0 Å². The van der Waals surface area contributed by atoms with Gasteiger partial charge in [-0.2, -0.15) is 4.98 Å². The molecule has 7 heteroatoms. The normalized spacial score (nSPS) is 16.9. The molecular formula is C27H24N6S. The van der Waals surface area contributed by atoms with Gasteiger partial charge in [0.05, 0.1) is 11.4 Å². The zero-order valence-corrected chi connectivity index (χ0v) is 19.8. The Bertz CT molecular complexity index is 1440. The van der Waals surface area contributed by atoms with E-state index in [-0.39, 0.29) is 0 Å². The maximum absolute atomic E-state index is 5.17. The van der Waals surface area contributed by atoms with Crippen molar-refractivity contribution in [2.45, 2.75) is 12.7 Å². The number of hydrogen-bond donors (Lipinski definition) is 0. The van der Waals surface area contributed by atoms with Gasteiger partial charge in [-0.15, -0.1) is 0 Å². The van der Waals surface area contributed by atoms with Crippen molar-refractivity contribution in [3.63, 3.8) is 0 Å². The van der Waals surface area contributed by atoms with Crippen LogP contribution in [0.1, 0.15) is 11.3 Å². The van der Waals surface area contributed by atoms with Crippen LogP contribution in [0.4, 0.5) is 28.8 Å². The molecule has 4 aromatic rings. The molecule has 0 N–H and O–H groups in total. The number of aryl methyl sites for hydroxylation is 1. The van der Waals surface area contributed by atoms with Gasteiger partial charge >= 0.3 is 0 Å². The first kappa shape index (κ1) is 19.9. The van der Waals surface area contributed by atoms with Crippen LogP contribution in [0.5, 0.6) is 0 Å². The topological polar surface area (TPSA) is 47.9 Å². The molecular weight excluding hydrogens is 440 g/mol. The number of para-hydroxylation sites is 1. The number of aliphatic imine (C=N–C) groups is 1. The summed E-state index contributed by atoms with van der Waals surface area (Å²) in [6.07, 6.45) is 0. The number of benzene rings is 3. The van der Waals surface area contributed by atoms with E-state index in [1.54, 1.807) is 11.8 Å². The van der Waals surface area contributed by atoms with E-state index in [4.69, 9.17) is 15.0 Å². The van der Waals surface area contributed by atoms with E-state index >= 15 is 0 Å². The van der Waals surface area contributed by atoms with E-state index in [1.165, 1.54) is 22.0 Å². The summed E-state index contributed by atoms with van der Waals surface area (Å²) in [5.41, 5.74) is 5.74. The Hall–Kier alpha value is -3.58. The van der Waals surface area contributed by atoms with Crippen molar-refractivity contribution < 1.29 is 0 Å². The van der Waals surface area contributed by atoms with Gasteiger partial charge in [0.2, 0.25) is 5.95 Å².